The van der Waals surface area contributed by atoms with Gasteiger partial charge in [-0.3, -0.25) is 4.98 Å². The fraction of sp³-hybridized carbons (Fsp3) is 0.444. The van der Waals surface area contributed by atoms with E-state index in [1.165, 1.54) is 0 Å². The van der Waals surface area contributed by atoms with E-state index in [1.54, 1.807) is 12.4 Å². The van der Waals surface area contributed by atoms with E-state index in [1.807, 2.05) is 6.07 Å². The molecule has 0 aromatic carbocycles. The molecule has 80 valence electrons. The van der Waals surface area contributed by atoms with Gasteiger partial charge in [-0.25, -0.2) is 0 Å². The maximum atomic E-state index is 5.92. The van der Waals surface area contributed by atoms with Gasteiger partial charge in [-0.2, -0.15) is 0 Å². The highest BCUT2D eigenvalue weighted by Crippen LogP contribution is 2.22. The molecule has 14 heavy (non-hydrogen) atoms. The lowest BCUT2D eigenvalue weighted by molar-refractivity contribution is 0.617. The van der Waals surface area contributed by atoms with Crippen LogP contribution in [0.25, 0.3) is 0 Å². The van der Waals surface area contributed by atoms with Crippen molar-refractivity contribution in [1.29, 1.82) is 0 Å². The third kappa shape index (κ3) is 3.80. The van der Waals surface area contributed by atoms with Gasteiger partial charge >= 0.3 is 0 Å². The molecule has 0 aliphatic rings. The molecule has 0 saturated carbocycles. The molecule has 4 N–H and O–H groups in total. The highest BCUT2D eigenvalue weighted by atomic mass is 35.5. The number of pyridine rings is 1. The SMILES string of the molecule is Cl.NCCC[C@H](N)c1ccncc1Cl. The molecule has 1 heterocycles. The van der Waals surface area contributed by atoms with Crippen LogP contribution in [0.3, 0.4) is 0 Å². The summed E-state index contributed by atoms with van der Waals surface area (Å²) in [6, 6.07) is 1.82. The Balaban J connectivity index is 0.00000169. The number of hydrogen-bond acceptors (Lipinski definition) is 3. The second-order valence-electron chi connectivity index (χ2n) is 2.93. The standard InChI is InChI=1S/C9H14ClN3.ClH/c10-8-6-13-5-3-7(8)9(12)2-1-4-11;/h3,5-6,9H,1-2,4,11-12H2;1H/t9-;/m0./s1. The van der Waals surface area contributed by atoms with Gasteiger partial charge in [0.1, 0.15) is 0 Å². The maximum Gasteiger partial charge on any atom is 0.0637 e. The highest BCUT2D eigenvalue weighted by Gasteiger charge is 2.08. The Morgan fingerprint density at radius 1 is 1.50 bits per heavy atom. The second kappa shape index (κ2) is 7.01. The van der Waals surface area contributed by atoms with E-state index < -0.39 is 0 Å². The molecule has 1 aromatic heterocycles. The summed E-state index contributed by atoms with van der Waals surface area (Å²) in [5.41, 5.74) is 12.3. The molecule has 0 radical (unpaired) electrons. The van der Waals surface area contributed by atoms with E-state index in [0.29, 0.717) is 11.6 Å². The topological polar surface area (TPSA) is 64.9 Å². The summed E-state index contributed by atoms with van der Waals surface area (Å²) in [6.07, 6.45) is 5.09. The van der Waals surface area contributed by atoms with Crippen molar-refractivity contribution < 1.29 is 0 Å². The summed E-state index contributed by atoms with van der Waals surface area (Å²) in [7, 11) is 0. The Labute approximate surface area is 95.2 Å². The third-order valence-electron chi connectivity index (χ3n) is 1.92. The molecule has 3 nitrogen and oxygen atoms in total. The van der Waals surface area contributed by atoms with Crippen molar-refractivity contribution in [2.75, 3.05) is 6.54 Å². The predicted octanol–water partition coefficient (Wildman–Crippen LogP) is 1.90. The molecule has 1 atom stereocenters. The number of hydrogen-bond donors (Lipinski definition) is 2. The van der Waals surface area contributed by atoms with Gasteiger partial charge in [0.05, 0.1) is 5.02 Å². The molecule has 0 saturated heterocycles. The van der Waals surface area contributed by atoms with Gasteiger partial charge in [-0.1, -0.05) is 11.6 Å². The van der Waals surface area contributed by atoms with Crippen LogP contribution in [0.5, 0.6) is 0 Å². The van der Waals surface area contributed by atoms with E-state index >= 15 is 0 Å². The molecule has 0 bridgehead atoms. The van der Waals surface area contributed by atoms with E-state index in [9.17, 15) is 0 Å². The average Bonchev–Trinajstić information content (AvgIpc) is 2.15. The fourth-order valence-corrected chi connectivity index (χ4v) is 1.44. The fourth-order valence-electron chi connectivity index (χ4n) is 1.18. The van der Waals surface area contributed by atoms with Gasteiger partial charge < -0.3 is 11.5 Å². The van der Waals surface area contributed by atoms with Crippen LogP contribution in [-0.2, 0) is 0 Å². The van der Waals surface area contributed by atoms with Crippen LogP contribution in [-0.4, -0.2) is 11.5 Å². The molecule has 0 unspecified atom stereocenters. The summed E-state index contributed by atoms with van der Waals surface area (Å²) < 4.78 is 0. The van der Waals surface area contributed by atoms with Crippen molar-refractivity contribution >= 4 is 24.0 Å². The molecular weight excluding hydrogens is 221 g/mol. The molecule has 0 amide bonds. The van der Waals surface area contributed by atoms with Crippen molar-refractivity contribution in [3.63, 3.8) is 0 Å². The van der Waals surface area contributed by atoms with Gasteiger partial charge in [0.2, 0.25) is 0 Å². The first-order valence-electron chi connectivity index (χ1n) is 4.30. The Morgan fingerprint density at radius 3 is 2.79 bits per heavy atom. The quantitative estimate of drug-likeness (QED) is 0.838. The minimum Gasteiger partial charge on any atom is -0.330 e. The van der Waals surface area contributed by atoms with Gasteiger partial charge in [0, 0.05) is 18.4 Å². The van der Waals surface area contributed by atoms with Crippen molar-refractivity contribution in [1.82, 2.24) is 4.98 Å². The van der Waals surface area contributed by atoms with Crippen molar-refractivity contribution in [3.05, 3.63) is 29.0 Å². The van der Waals surface area contributed by atoms with E-state index in [2.05, 4.69) is 4.98 Å². The van der Waals surface area contributed by atoms with Crippen LogP contribution in [0.1, 0.15) is 24.4 Å². The monoisotopic (exact) mass is 235 g/mol. The highest BCUT2D eigenvalue weighted by molar-refractivity contribution is 6.31. The maximum absolute atomic E-state index is 5.92. The molecule has 0 fully saturated rings. The molecule has 0 aliphatic carbocycles. The number of rotatable bonds is 4. The van der Waals surface area contributed by atoms with Crippen LogP contribution in [0.2, 0.25) is 5.02 Å². The molecule has 0 spiro atoms. The minimum absolute atomic E-state index is 0. The average molecular weight is 236 g/mol. The molecule has 5 heteroatoms. The summed E-state index contributed by atoms with van der Waals surface area (Å²) in [6.45, 7) is 0.663. The molecular formula is C9H15Cl2N3. The predicted molar refractivity (Wildman–Crippen MR) is 61.7 cm³/mol. The number of nitrogens with two attached hydrogens (primary N) is 2. The molecule has 1 aromatic rings. The largest absolute Gasteiger partial charge is 0.330 e. The zero-order valence-corrected chi connectivity index (χ0v) is 9.39. The first-order valence-corrected chi connectivity index (χ1v) is 4.68. The normalized spacial score (nSPS) is 11.9. The van der Waals surface area contributed by atoms with Crippen molar-refractivity contribution in [3.8, 4) is 0 Å². The summed E-state index contributed by atoms with van der Waals surface area (Å²) in [4.78, 5) is 3.90. The lowest BCUT2D eigenvalue weighted by atomic mass is 10.0. The van der Waals surface area contributed by atoms with Gasteiger partial charge in [0.15, 0.2) is 0 Å². The van der Waals surface area contributed by atoms with Crippen LogP contribution in [0.15, 0.2) is 18.5 Å². The summed E-state index contributed by atoms with van der Waals surface area (Å²) >= 11 is 5.92. The summed E-state index contributed by atoms with van der Waals surface area (Å²) in [5.74, 6) is 0. The Morgan fingerprint density at radius 2 is 2.21 bits per heavy atom. The number of aromatic nitrogens is 1. The minimum atomic E-state index is -0.0287. The van der Waals surface area contributed by atoms with Gasteiger partial charge in [0.25, 0.3) is 0 Å². The Bertz CT molecular complexity index is 268. The van der Waals surface area contributed by atoms with E-state index in [0.717, 1.165) is 18.4 Å². The third-order valence-corrected chi connectivity index (χ3v) is 2.24. The zero-order valence-electron chi connectivity index (χ0n) is 7.82. The van der Waals surface area contributed by atoms with E-state index in [-0.39, 0.29) is 18.4 Å². The smallest absolute Gasteiger partial charge is 0.0637 e. The van der Waals surface area contributed by atoms with Crippen LogP contribution in [0.4, 0.5) is 0 Å². The first-order chi connectivity index (χ1) is 6.25. The molecule has 0 aliphatic heterocycles. The summed E-state index contributed by atoms with van der Waals surface area (Å²) in [5, 5.41) is 0.632. The van der Waals surface area contributed by atoms with Crippen molar-refractivity contribution in [2.45, 2.75) is 18.9 Å². The molecule has 1 rings (SSSR count). The number of nitrogens with zero attached hydrogens (tertiary/aromatic N) is 1. The first kappa shape index (κ1) is 13.7. The lowest BCUT2D eigenvalue weighted by Crippen LogP contribution is -2.13. The zero-order chi connectivity index (χ0) is 9.68. The van der Waals surface area contributed by atoms with Crippen LogP contribution >= 0.6 is 24.0 Å². The van der Waals surface area contributed by atoms with Gasteiger partial charge in [-0.05, 0) is 31.0 Å². The second-order valence-corrected chi connectivity index (χ2v) is 3.34. The Kier molecular flexibility index (Phi) is 6.83. The Hall–Kier alpha value is -0.350. The lowest BCUT2D eigenvalue weighted by Gasteiger charge is -2.12. The van der Waals surface area contributed by atoms with Crippen LogP contribution in [0, 0.1) is 0 Å². The van der Waals surface area contributed by atoms with Gasteiger partial charge in [-0.15, -0.1) is 12.4 Å². The van der Waals surface area contributed by atoms with Crippen molar-refractivity contribution in [2.24, 2.45) is 11.5 Å². The number of halogens is 2. The van der Waals surface area contributed by atoms with Crippen LogP contribution < -0.4 is 11.5 Å². The van der Waals surface area contributed by atoms with E-state index in [4.69, 9.17) is 23.1 Å².